The number of primary sulfonamides is 1. The largest absolute Gasteiger partial charge is 0.229 e. The van der Waals surface area contributed by atoms with Gasteiger partial charge in [0, 0.05) is 19.8 Å². The smallest absolute Gasteiger partial charge is 0.214 e. The Morgan fingerprint density at radius 1 is 0.633 bits per heavy atom. The van der Waals surface area contributed by atoms with Gasteiger partial charge in [-0.25, -0.2) is 34.7 Å². The quantitative estimate of drug-likeness (QED) is 0.625. The van der Waals surface area contributed by atoms with Crippen molar-refractivity contribution in [2.24, 2.45) is 21.4 Å². The topological polar surface area (TPSA) is 132 Å². The first-order chi connectivity index (χ1) is 12.6. The van der Waals surface area contributed by atoms with E-state index in [9.17, 15) is 25.3 Å². The fourth-order valence-electron chi connectivity index (χ4n) is 2.04. The van der Waals surface area contributed by atoms with E-state index < -0.39 is 29.9 Å². The van der Waals surface area contributed by atoms with Crippen molar-refractivity contribution in [3.63, 3.8) is 0 Å². The second kappa shape index (κ2) is 12.1. The van der Waals surface area contributed by atoms with E-state index in [0.717, 1.165) is 0 Å². The van der Waals surface area contributed by atoms with Crippen molar-refractivity contribution in [2.45, 2.75) is 69.2 Å². The molecule has 0 radical (unpaired) electrons. The zero-order valence-electron chi connectivity index (χ0n) is 21.0. The standard InChI is InChI=1S/C7H17NO2S.C7H16O2S.C5H13NO2S/c1-7(2,3)6-11(9,10)8(4)5;1-5-10(8,9)6-7(2,3)4;1-5(2,3)4-9(6,7)8/h6H2,1-5H3;5-6H2,1-4H3;4H2,1-3H3,(H2,6,7,8). The van der Waals surface area contributed by atoms with E-state index in [2.05, 4.69) is 0 Å². The molecule has 0 aliphatic carbocycles. The summed E-state index contributed by atoms with van der Waals surface area (Å²) < 4.78 is 66.7. The molecule has 0 aromatic rings. The minimum atomic E-state index is -3.28. The molecule has 0 aliphatic rings. The molecule has 0 saturated heterocycles. The third kappa shape index (κ3) is 27.8. The highest BCUT2D eigenvalue weighted by atomic mass is 32.2. The van der Waals surface area contributed by atoms with Crippen LogP contribution in [0.25, 0.3) is 0 Å². The molecule has 186 valence electrons. The van der Waals surface area contributed by atoms with Crippen LogP contribution in [0.5, 0.6) is 0 Å². The Bertz CT molecular complexity index is 794. The SMILES string of the molecule is CC(C)(C)CS(N)(=O)=O.CCS(=O)(=O)CC(C)(C)C.CN(C)S(=O)(=O)CC(C)(C)C. The zero-order chi connectivity index (χ0) is 25.4. The molecule has 0 aromatic heterocycles. The van der Waals surface area contributed by atoms with E-state index in [1.807, 2.05) is 62.3 Å². The summed E-state index contributed by atoms with van der Waals surface area (Å²) in [6.07, 6.45) is 0. The van der Waals surface area contributed by atoms with Gasteiger partial charge in [-0.15, -0.1) is 0 Å². The van der Waals surface area contributed by atoms with Crippen LogP contribution in [0.2, 0.25) is 0 Å². The summed E-state index contributed by atoms with van der Waals surface area (Å²) in [6.45, 7) is 18.7. The maximum absolute atomic E-state index is 11.3. The molecule has 11 heteroatoms. The summed E-state index contributed by atoms with van der Waals surface area (Å²) >= 11 is 0. The third-order valence-corrected chi connectivity index (χ3v) is 8.70. The van der Waals surface area contributed by atoms with Crippen molar-refractivity contribution in [1.82, 2.24) is 4.31 Å². The number of hydrogen-bond acceptors (Lipinski definition) is 6. The number of sulfone groups is 1. The zero-order valence-corrected chi connectivity index (χ0v) is 23.5. The second-order valence-electron chi connectivity index (χ2n) is 11.2. The van der Waals surface area contributed by atoms with Crippen LogP contribution in [-0.2, 0) is 29.9 Å². The normalized spacial score (nSPS) is 13.8. The first-order valence-corrected chi connectivity index (χ1v) is 14.9. The maximum atomic E-state index is 11.3. The monoisotopic (exact) mass is 494 g/mol. The van der Waals surface area contributed by atoms with Gasteiger partial charge in [-0.3, -0.25) is 0 Å². The molecule has 0 amide bonds. The van der Waals surface area contributed by atoms with Crippen LogP contribution >= 0.6 is 0 Å². The number of rotatable bonds is 5. The maximum Gasteiger partial charge on any atom is 0.214 e. The molecule has 0 aromatic carbocycles. The van der Waals surface area contributed by atoms with Gasteiger partial charge in [-0.1, -0.05) is 69.2 Å². The molecule has 0 aliphatic heterocycles. The summed E-state index contributed by atoms with van der Waals surface area (Å²) in [6, 6.07) is 0. The fourth-order valence-corrected chi connectivity index (χ4v) is 6.12. The van der Waals surface area contributed by atoms with E-state index >= 15 is 0 Å². The molecule has 0 heterocycles. The molecule has 0 spiro atoms. The molecule has 0 unspecified atom stereocenters. The summed E-state index contributed by atoms with van der Waals surface area (Å²) in [7, 11) is -5.97. The Morgan fingerprint density at radius 2 is 0.933 bits per heavy atom. The van der Waals surface area contributed by atoms with Crippen LogP contribution < -0.4 is 5.14 Å². The van der Waals surface area contributed by atoms with Gasteiger partial charge in [0.15, 0.2) is 9.84 Å². The van der Waals surface area contributed by atoms with Crippen LogP contribution in [0.4, 0.5) is 0 Å². The van der Waals surface area contributed by atoms with Crippen molar-refractivity contribution in [3.8, 4) is 0 Å². The molecular formula is C19H46N2O6S3. The van der Waals surface area contributed by atoms with Crippen LogP contribution in [0.1, 0.15) is 69.2 Å². The molecule has 0 bridgehead atoms. The highest BCUT2D eigenvalue weighted by molar-refractivity contribution is 7.91. The average molecular weight is 495 g/mol. The fraction of sp³-hybridized carbons (Fsp3) is 1.00. The van der Waals surface area contributed by atoms with E-state index in [1.165, 1.54) is 4.31 Å². The van der Waals surface area contributed by atoms with Crippen LogP contribution in [0.3, 0.4) is 0 Å². The average Bonchev–Trinajstić information content (AvgIpc) is 2.29. The lowest BCUT2D eigenvalue weighted by Gasteiger charge is -2.20. The highest BCUT2D eigenvalue weighted by Crippen LogP contribution is 2.17. The predicted molar refractivity (Wildman–Crippen MR) is 128 cm³/mol. The van der Waals surface area contributed by atoms with E-state index in [-0.39, 0.29) is 39.3 Å². The lowest BCUT2D eigenvalue weighted by Crippen LogP contribution is -2.31. The Balaban J connectivity index is -0.000000366. The van der Waals surface area contributed by atoms with E-state index in [1.54, 1.807) is 21.0 Å². The summed E-state index contributed by atoms with van der Waals surface area (Å²) in [5, 5.41) is 4.79. The third-order valence-electron chi connectivity index (χ3n) is 2.90. The lowest BCUT2D eigenvalue weighted by molar-refractivity contribution is 0.440. The molecular weight excluding hydrogens is 448 g/mol. The minimum absolute atomic E-state index is 0.0417. The Morgan fingerprint density at radius 3 is 1.00 bits per heavy atom. The summed E-state index contributed by atoms with van der Waals surface area (Å²) in [5.74, 6) is 0.785. The molecule has 8 nitrogen and oxygen atoms in total. The molecule has 30 heavy (non-hydrogen) atoms. The number of hydrogen-bond donors (Lipinski definition) is 1. The first kappa shape index (κ1) is 34.4. The second-order valence-corrected chi connectivity index (χ2v) is 17.4. The van der Waals surface area contributed by atoms with Crippen LogP contribution in [0, 0.1) is 16.2 Å². The highest BCUT2D eigenvalue weighted by Gasteiger charge is 2.23. The molecule has 2 N–H and O–H groups in total. The van der Waals surface area contributed by atoms with Gasteiger partial charge in [-0.2, -0.15) is 0 Å². The van der Waals surface area contributed by atoms with Crippen molar-refractivity contribution < 1.29 is 25.3 Å². The van der Waals surface area contributed by atoms with Gasteiger partial charge in [0.2, 0.25) is 20.0 Å². The van der Waals surface area contributed by atoms with Crippen molar-refractivity contribution in [2.75, 3.05) is 37.1 Å². The van der Waals surface area contributed by atoms with Gasteiger partial charge in [0.25, 0.3) is 0 Å². The molecule has 0 fully saturated rings. The van der Waals surface area contributed by atoms with Crippen molar-refractivity contribution in [1.29, 1.82) is 0 Å². The van der Waals surface area contributed by atoms with Crippen molar-refractivity contribution in [3.05, 3.63) is 0 Å². The van der Waals surface area contributed by atoms with Gasteiger partial charge in [0.1, 0.15) is 0 Å². The van der Waals surface area contributed by atoms with Crippen LogP contribution in [0.15, 0.2) is 0 Å². The van der Waals surface area contributed by atoms with Gasteiger partial charge in [-0.05, 0) is 16.2 Å². The summed E-state index contributed by atoms with van der Waals surface area (Å²) in [5.41, 5.74) is -0.495. The van der Waals surface area contributed by atoms with Gasteiger partial charge < -0.3 is 0 Å². The number of sulfonamides is 2. The molecule has 0 saturated carbocycles. The molecule has 0 rings (SSSR count). The van der Waals surface area contributed by atoms with Crippen molar-refractivity contribution >= 4 is 29.9 Å². The van der Waals surface area contributed by atoms with E-state index in [0.29, 0.717) is 0 Å². The lowest BCUT2D eigenvalue weighted by atomic mass is 10.0. The Labute approximate surface area is 187 Å². The number of nitrogens with zero attached hydrogens (tertiary/aromatic N) is 1. The van der Waals surface area contributed by atoms with Gasteiger partial charge in [0.05, 0.1) is 17.3 Å². The van der Waals surface area contributed by atoms with Gasteiger partial charge >= 0.3 is 0 Å². The van der Waals surface area contributed by atoms with Crippen LogP contribution in [-0.4, -0.2) is 66.7 Å². The minimum Gasteiger partial charge on any atom is -0.229 e. The predicted octanol–water partition coefficient (Wildman–Crippen LogP) is 2.71. The Kier molecular flexibility index (Phi) is 13.9. The summed E-state index contributed by atoms with van der Waals surface area (Å²) in [4.78, 5) is 0. The first-order valence-electron chi connectivity index (χ1n) is 9.74. The molecule has 0 atom stereocenters. The van der Waals surface area contributed by atoms with E-state index in [4.69, 9.17) is 5.14 Å². The Hall–Kier alpha value is -0.230. The number of nitrogens with two attached hydrogens (primary N) is 1.